The van der Waals surface area contributed by atoms with E-state index in [9.17, 15) is 10.1 Å². The zero-order valence-electron chi connectivity index (χ0n) is 10.7. The Kier molecular flexibility index (Phi) is 3.20. The van der Waals surface area contributed by atoms with E-state index < -0.39 is 4.92 Å². The predicted octanol–water partition coefficient (Wildman–Crippen LogP) is 2.97. The first-order chi connectivity index (χ1) is 9.74. The van der Waals surface area contributed by atoms with Crippen molar-refractivity contribution in [2.75, 3.05) is 11.6 Å². The fraction of sp³-hybridized carbons (Fsp3) is 0.214. The zero-order chi connectivity index (χ0) is 13.9. The summed E-state index contributed by atoms with van der Waals surface area (Å²) in [7, 11) is 0. The van der Waals surface area contributed by atoms with Crippen LogP contribution in [0.5, 0.6) is 0 Å². The SMILES string of the molecule is O=[N+]([O-])c1ccc(C=NN2CCCc3ccccc32)o1. The lowest BCUT2D eigenvalue weighted by atomic mass is 10.0. The number of para-hydroxylation sites is 1. The quantitative estimate of drug-likeness (QED) is 0.488. The largest absolute Gasteiger partial charge is 0.433 e. The fourth-order valence-electron chi connectivity index (χ4n) is 2.27. The van der Waals surface area contributed by atoms with Gasteiger partial charge in [0.2, 0.25) is 0 Å². The van der Waals surface area contributed by atoms with Crippen LogP contribution in [0.2, 0.25) is 0 Å². The van der Waals surface area contributed by atoms with Gasteiger partial charge in [-0.3, -0.25) is 15.1 Å². The van der Waals surface area contributed by atoms with Gasteiger partial charge >= 0.3 is 5.88 Å². The molecule has 6 heteroatoms. The van der Waals surface area contributed by atoms with E-state index >= 15 is 0 Å². The molecule has 6 nitrogen and oxygen atoms in total. The van der Waals surface area contributed by atoms with Gasteiger partial charge in [-0.05, 0) is 30.5 Å². The summed E-state index contributed by atoms with van der Waals surface area (Å²) < 4.78 is 5.05. The van der Waals surface area contributed by atoms with E-state index in [1.54, 1.807) is 0 Å². The minimum atomic E-state index is -0.562. The minimum absolute atomic E-state index is 0.273. The van der Waals surface area contributed by atoms with E-state index in [0.717, 1.165) is 25.1 Å². The van der Waals surface area contributed by atoms with Crippen molar-refractivity contribution in [3.05, 3.63) is 57.8 Å². The molecule has 0 aliphatic carbocycles. The molecule has 0 atom stereocenters. The highest BCUT2D eigenvalue weighted by Crippen LogP contribution is 2.26. The third-order valence-electron chi connectivity index (χ3n) is 3.20. The van der Waals surface area contributed by atoms with Crippen LogP contribution in [0.25, 0.3) is 0 Å². The van der Waals surface area contributed by atoms with Gasteiger partial charge in [0, 0.05) is 6.54 Å². The number of anilines is 1. The van der Waals surface area contributed by atoms with E-state index in [-0.39, 0.29) is 5.88 Å². The Morgan fingerprint density at radius 2 is 2.15 bits per heavy atom. The highest BCUT2D eigenvalue weighted by Gasteiger charge is 2.15. The van der Waals surface area contributed by atoms with Crippen LogP contribution < -0.4 is 5.01 Å². The Hall–Kier alpha value is -2.63. The summed E-state index contributed by atoms with van der Waals surface area (Å²) >= 11 is 0. The predicted molar refractivity (Wildman–Crippen MR) is 75.1 cm³/mol. The van der Waals surface area contributed by atoms with Gasteiger partial charge in [-0.25, -0.2) is 0 Å². The molecule has 102 valence electrons. The average molecular weight is 271 g/mol. The molecule has 20 heavy (non-hydrogen) atoms. The van der Waals surface area contributed by atoms with Crippen LogP contribution >= 0.6 is 0 Å². The molecule has 0 radical (unpaired) electrons. The van der Waals surface area contributed by atoms with E-state index in [4.69, 9.17) is 4.42 Å². The second kappa shape index (κ2) is 5.16. The molecule has 2 aromatic rings. The van der Waals surface area contributed by atoms with Crippen LogP contribution in [0.15, 0.2) is 45.9 Å². The maximum absolute atomic E-state index is 10.5. The third-order valence-corrected chi connectivity index (χ3v) is 3.20. The van der Waals surface area contributed by atoms with E-state index in [0.29, 0.717) is 5.76 Å². The standard InChI is InChI=1S/C14H13N3O3/c18-17(19)14-8-7-12(20-14)10-15-16-9-3-5-11-4-1-2-6-13(11)16/h1-2,4,6-8,10H,3,5,9H2. The van der Waals surface area contributed by atoms with Crippen molar-refractivity contribution in [2.24, 2.45) is 5.10 Å². The summed E-state index contributed by atoms with van der Waals surface area (Å²) in [5.74, 6) is 0.102. The molecule has 0 spiro atoms. The number of furan rings is 1. The molecular formula is C14H13N3O3. The van der Waals surface area contributed by atoms with Crippen LogP contribution in [-0.4, -0.2) is 17.7 Å². The molecule has 0 fully saturated rings. The normalized spacial score (nSPS) is 14.5. The molecule has 1 aromatic heterocycles. The Morgan fingerprint density at radius 1 is 1.30 bits per heavy atom. The Labute approximate surface area is 115 Å². The molecular weight excluding hydrogens is 258 g/mol. The molecule has 0 amide bonds. The molecule has 0 unspecified atom stereocenters. The Bertz CT molecular complexity index is 663. The number of hydrogen-bond acceptors (Lipinski definition) is 5. The van der Waals surface area contributed by atoms with E-state index in [1.165, 1.54) is 23.9 Å². The van der Waals surface area contributed by atoms with Gasteiger partial charge in [-0.15, -0.1) is 0 Å². The van der Waals surface area contributed by atoms with Gasteiger partial charge in [-0.1, -0.05) is 18.2 Å². The van der Waals surface area contributed by atoms with E-state index in [1.807, 2.05) is 23.2 Å². The first kappa shape index (κ1) is 12.4. The van der Waals surface area contributed by atoms with Crippen molar-refractivity contribution < 1.29 is 9.34 Å². The number of aryl methyl sites for hydroxylation is 1. The molecule has 3 rings (SSSR count). The first-order valence-electron chi connectivity index (χ1n) is 6.38. The number of benzene rings is 1. The van der Waals surface area contributed by atoms with Gasteiger partial charge in [0.25, 0.3) is 0 Å². The van der Waals surface area contributed by atoms with E-state index in [2.05, 4.69) is 11.2 Å². The van der Waals surface area contributed by atoms with Crippen LogP contribution in [0.1, 0.15) is 17.7 Å². The Morgan fingerprint density at radius 3 is 2.95 bits per heavy atom. The third kappa shape index (κ3) is 2.40. The zero-order valence-corrected chi connectivity index (χ0v) is 10.7. The van der Waals surface area contributed by atoms with Gasteiger partial charge in [0.05, 0.1) is 18.0 Å². The fourth-order valence-corrected chi connectivity index (χ4v) is 2.27. The summed E-state index contributed by atoms with van der Waals surface area (Å²) in [4.78, 5) is 9.98. The number of rotatable bonds is 3. The monoisotopic (exact) mass is 271 g/mol. The second-order valence-electron chi connectivity index (χ2n) is 4.53. The molecule has 1 aromatic carbocycles. The number of hydrazone groups is 1. The molecule has 0 saturated carbocycles. The van der Waals surface area contributed by atoms with Crippen LogP contribution in [-0.2, 0) is 6.42 Å². The highest BCUT2D eigenvalue weighted by molar-refractivity contribution is 5.77. The first-order valence-corrected chi connectivity index (χ1v) is 6.38. The number of nitrogens with zero attached hydrogens (tertiary/aromatic N) is 3. The van der Waals surface area contributed by atoms with Crippen molar-refractivity contribution in [3.8, 4) is 0 Å². The topological polar surface area (TPSA) is 71.9 Å². The average Bonchev–Trinajstić information content (AvgIpc) is 2.94. The van der Waals surface area contributed by atoms with Crippen molar-refractivity contribution in [2.45, 2.75) is 12.8 Å². The van der Waals surface area contributed by atoms with Crippen LogP contribution in [0.3, 0.4) is 0 Å². The summed E-state index contributed by atoms with van der Waals surface area (Å²) in [6.07, 6.45) is 3.59. The summed E-state index contributed by atoms with van der Waals surface area (Å²) in [5.41, 5.74) is 2.34. The van der Waals surface area contributed by atoms with Crippen molar-refractivity contribution in [1.82, 2.24) is 0 Å². The van der Waals surface area contributed by atoms with Gasteiger partial charge in [0.15, 0.2) is 5.76 Å². The molecule has 0 N–H and O–H groups in total. The van der Waals surface area contributed by atoms with Gasteiger partial charge in [-0.2, -0.15) is 5.10 Å². The van der Waals surface area contributed by atoms with Crippen molar-refractivity contribution in [3.63, 3.8) is 0 Å². The van der Waals surface area contributed by atoms with Crippen molar-refractivity contribution >= 4 is 17.8 Å². The summed E-state index contributed by atoms with van der Waals surface area (Å²) in [6.45, 7) is 0.830. The lowest BCUT2D eigenvalue weighted by molar-refractivity contribution is -0.402. The number of fused-ring (bicyclic) bond motifs is 1. The van der Waals surface area contributed by atoms with Crippen LogP contribution in [0.4, 0.5) is 11.6 Å². The van der Waals surface area contributed by atoms with Gasteiger partial charge in [0.1, 0.15) is 4.92 Å². The maximum atomic E-state index is 10.5. The Balaban J connectivity index is 1.81. The smallest absolute Gasteiger partial charge is 0.400 e. The maximum Gasteiger partial charge on any atom is 0.433 e. The highest BCUT2D eigenvalue weighted by atomic mass is 16.6. The number of hydrogen-bond donors (Lipinski definition) is 0. The number of nitro groups is 1. The molecule has 1 aliphatic rings. The molecule has 1 aliphatic heterocycles. The molecule has 0 bridgehead atoms. The summed E-state index contributed by atoms with van der Waals surface area (Å²) in [5, 5.41) is 16.8. The lowest BCUT2D eigenvalue weighted by Gasteiger charge is -2.26. The minimum Gasteiger partial charge on any atom is -0.400 e. The second-order valence-corrected chi connectivity index (χ2v) is 4.53. The van der Waals surface area contributed by atoms with Gasteiger partial charge < -0.3 is 4.42 Å². The lowest BCUT2D eigenvalue weighted by Crippen LogP contribution is -2.24. The molecule has 2 heterocycles. The van der Waals surface area contributed by atoms with Crippen LogP contribution in [0, 0.1) is 10.1 Å². The molecule has 0 saturated heterocycles. The summed E-state index contributed by atoms with van der Waals surface area (Å²) in [6, 6.07) is 11.0. The van der Waals surface area contributed by atoms with Crippen molar-refractivity contribution in [1.29, 1.82) is 0 Å².